The molecular formula is C20H16F3N3O5. The standard InChI is InChI=1S/C20H16F3N3O5/c1-3-31-19(27)14-10-24-15-8-11(20(21,22)23)4-6-13(15)18(14)25-16-9-12(26(28)29)5-7-17(16)30-2/h4-10H,3H2,1-2H3,(H,24,25). The van der Waals surface area contributed by atoms with Gasteiger partial charge >= 0.3 is 12.1 Å². The molecule has 3 rings (SSSR count). The number of alkyl halides is 3. The van der Waals surface area contributed by atoms with Crippen LogP contribution in [0.3, 0.4) is 0 Å². The lowest BCUT2D eigenvalue weighted by molar-refractivity contribution is -0.384. The number of benzene rings is 2. The number of esters is 1. The van der Waals surface area contributed by atoms with Crippen LogP contribution in [0.15, 0.2) is 42.6 Å². The zero-order chi connectivity index (χ0) is 22.8. The molecule has 0 fully saturated rings. The number of nitrogens with one attached hydrogen (secondary N) is 1. The van der Waals surface area contributed by atoms with E-state index in [1.165, 1.54) is 31.4 Å². The number of hydrogen-bond acceptors (Lipinski definition) is 7. The van der Waals surface area contributed by atoms with Crippen LogP contribution in [0.1, 0.15) is 22.8 Å². The molecule has 1 N–H and O–H groups in total. The summed E-state index contributed by atoms with van der Waals surface area (Å²) >= 11 is 0. The number of nitro benzene ring substituents is 1. The van der Waals surface area contributed by atoms with Gasteiger partial charge in [0.05, 0.1) is 41.1 Å². The number of fused-ring (bicyclic) bond motifs is 1. The van der Waals surface area contributed by atoms with E-state index in [0.29, 0.717) is 0 Å². The fraction of sp³-hybridized carbons (Fsp3) is 0.200. The van der Waals surface area contributed by atoms with Crippen LogP contribution in [0.25, 0.3) is 10.9 Å². The van der Waals surface area contributed by atoms with Crippen molar-refractivity contribution >= 4 is 33.9 Å². The Morgan fingerprint density at radius 1 is 1.23 bits per heavy atom. The third-order valence-electron chi connectivity index (χ3n) is 4.35. The van der Waals surface area contributed by atoms with Gasteiger partial charge in [0.1, 0.15) is 11.3 Å². The number of aromatic nitrogens is 1. The summed E-state index contributed by atoms with van der Waals surface area (Å²) in [4.78, 5) is 26.9. The van der Waals surface area contributed by atoms with Crippen LogP contribution in [0.5, 0.6) is 5.75 Å². The average molecular weight is 435 g/mol. The van der Waals surface area contributed by atoms with Gasteiger partial charge in [-0.25, -0.2) is 4.79 Å². The smallest absolute Gasteiger partial charge is 0.416 e. The molecule has 0 unspecified atom stereocenters. The summed E-state index contributed by atoms with van der Waals surface area (Å²) < 4.78 is 49.5. The molecule has 0 aliphatic heterocycles. The number of non-ortho nitro benzene ring substituents is 1. The lowest BCUT2D eigenvalue weighted by atomic mass is 10.1. The number of rotatable bonds is 6. The van der Waals surface area contributed by atoms with E-state index < -0.39 is 22.6 Å². The van der Waals surface area contributed by atoms with E-state index in [1.54, 1.807) is 6.92 Å². The maximum Gasteiger partial charge on any atom is 0.416 e. The van der Waals surface area contributed by atoms with Crippen molar-refractivity contribution in [1.82, 2.24) is 4.98 Å². The number of hydrogen-bond donors (Lipinski definition) is 1. The molecule has 8 nitrogen and oxygen atoms in total. The van der Waals surface area contributed by atoms with Gasteiger partial charge in [-0.1, -0.05) is 6.07 Å². The fourth-order valence-corrected chi connectivity index (χ4v) is 2.91. The van der Waals surface area contributed by atoms with Gasteiger partial charge in [-0.05, 0) is 25.1 Å². The van der Waals surface area contributed by atoms with Crippen molar-refractivity contribution in [1.29, 1.82) is 0 Å². The topological polar surface area (TPSA) is 104 Å². The molecule has 2 aromatic carbocycles. The number of carbonyl (C=O) groups excluding carboxylic acids is 1. The Kier molecular flexibility index (Phi) is 5.95. The Morgan fingerprint density at radius 2 is 1.97 bits per heavy atom. The van der Waals surface area contributed by atoms with Crippen LogP contribution in [0.2, 0.25) is 0 Å². The molecule has 1 heterocycles. The molecule has 0 amide bonds. The third-order valence-corrected chi connectivity index (χ3v) is 4.35. The van der Waals surface area contributed by atoms with Crippen molar-refractivity contribution in [2.45, 2.75) is 13.1 Å². The van der Waals surface area contributed by atoms with Crippen LogP contribution in [-0.4, -0.2) is 29.6 Å². The largest absolute Gasteiger partial charge is 0.495 e. The fourth-order valence-electron chi connectivity index (χ4n) is 2.91. The number of carbonyl (C=O) groups is 1. The van der Waals surface area contributed by atoms with Gasteiger partial charge in [-0.15, -0.1) is 0 Å². The van der Waals surface area contributed by atoms with E-state index in [4.69, 9.17) is 9.47 Å². The quantitative estimate of drug-likeness (QED) is 0.327. The number of pyridine rings is 1. The summed E-state index contributed by atoms with van der Waals surface area (Å²) in [7, 11) is 1.35. The first-order valence-corrected chi connectivity index (χ1v) is 8.92. The molecule has 0 aliphatic carbocycles. The monoisotopic (exact) mass is 435 g/mol. The third kappa shape index (κ3) is 4.49. The van der Waals surface area contributed by atoms with Crippen molar-refractivity contribution in [3.05, 3.63) is 63.8 Å². The maximum absolute atomic E-state index is 13.1. The predicted molar refractivity (Wildman–Crippen MR) is 106 cm³/mol. The first kappa shape index (κ1) is 21.8. The highest BCUT2D eigenvalue weighted by molar-refractivity contribution is 6.06. The van der Waals surface area contributed by atoms with Crippen LogP contribution >= 0.6 is 0 Å². The highest BCUT2D eigenvalue weighted by Crippen LogP contribution is 2.37. The predicted octanol–water partition coefficient (Wildman–Crippen LogP) is 5.09. The summed E-state index contributed by atoms with van der Waals surface area (Å²) in [6, 6.07) is 6.64. The molecule has 162 valence electrons. The molecule has 0 radical (unpaired) electrons. The minimum atomic E-state index is -4.58. The van der Waals surface area contributed by atoms with Crippen molar-refractivity contribution in [2.75, 3.05) is 19.0 Å². The van der Waals surface area contributed by atoms with E-state index >= 15 is 0 Å². The van der Waals surface area contributed by atoms with Gasteiger partial charge in [-0.2, -0.15) is 13.2 Å². The summed E-state index contributed by atoms with van der Waals surface area (Å²) in [6.45, 7) is 1.65. The summed E-state index contributed by atoms with van der Waals surface area (Å²) in [5.74, 6) is -0.541. The van der Waals surface area contributed by atoms with Crippen molar-refractivity contribution in [2.24, 2.45) is 0 Å². The Balaban J connectivity index is 2.23. The van der Waals surface area contributed by atoms with Crippen LogP contribution in [-0.2, 0) is 10.9 Å². The lowest BCUT2D eigenvalue weighted by Gasteiger charge is -2.17. The molecule has 0 spiro atoms. The van der Waals surface area contributed by atoms with Gasteiger partial charge in [-0.3, -0.25) is 15.1 Å². The molecule has 0 bridgehead atoms. The second-order valence-electron chi connectivity index (χ2n) is 6.26. The summed E-state index contributed by atoms with van der Waals surface area (Å²) in [6.07, 6.45) is -3.49. The number of anilines is 2. The maximum atomic E-state index is 13.1. The van der Waals surface area contributed by atoms with Gasteiger partial charge < -0.3 is 14.8 Å². The van der Waals surface area contributed by atoms with Crippen LogP contribution in [0.4, 0.5) is 30.2 Å². The van der Waals surface area contributed by atoms with Gasteiger partial charge in [0, 0.05) is 23.7 Å². The second-order valence-corrected chi connectivity index (χ2v) is 6.26. The van der Waals surface area contributed by atoms with E-state index in [2.05, 4.69) is 10.3 Å². The molecule has 11 heteroatoms. The second kappa shape index (κ2) is 8.46. The molecule has 0 saturated carbocycles. The number of nitrogens with zero attached hydrogens (tertiary/aromatic N) is 2. The number of halogens is 3. The van der Waals surface area contributed by atoms with Gasteiger partial charge in [0.2, 0.25) is 0 Å². The van der Waals surface area contributed by atoms with Gasteiger partial charge in [0.15, 0.2) is 0 Å². The lowest BCUT2D eigenvalue weighted by Crippen LogP contribution is -2.10. The molecule has 0 saturated heterocycles. The highest BCUT2D eigenvalue weighted by atomic mass is 19.4. The minimum Gasteiger partial charge on any atom is -0.495 e. The molecule has 31 heavy (non-hydrogen) atoms. The average Bonchev–Trinajstić information content (AvgIpc) is 2.72. The summed E-state index contributed by atoms with van der Waals surface area (Å²) in [5.41, 5.74) is -1.03. The zero-order valence-corrected chi connectivity index (χ0v) is 16.3. The molecule has 0 atom stereocenters. The van der Waals surface area contributed by atoms with E-state index in [9.17, 15) is 28.1 Å². The number of ether oxygens (including phenoxy) is 2. The highest BCUT2D eigenvalue weighted by Gasteiger charge is 2.31. The zero-order valence-electron chi connectivity index (χ0n) is 16.3. The Morgan fingerprint density at radius 3 is 2.58 bits per heavy atom. The molecule has 1 aromatic heterocycles. The summed E-state index contributed by atoms with van der Waals surface area (Å²) in [5, 5.41) is 14.2. The molecule has 3 aromatic rings. The Labute approximate surface area is 173 Å². The van der Waals surface area contributed by atoms with E-state index in [0.717, 1.165) is 18.3 Å². The molecular weight excluding hydrogens is 419 g/mol. The van der Waals surface area contributed by atoms with Crippen molar-refractivity contribution in [3.8, 4) is 5.75 Å². The Hall–Kier alpha value is -3.89. The number of methoxy groups -OCH3 is 1. The van der Waals surface area contributed by atoms with E-state index in [-0.39, 0.29) is 45.9 Å². The van der Waals surface area contributed by atoms with Crippen LogP contribution in [0, 0.1) is 10.1 Å². The molecule has 0 aliphatic rings. The first-order chi connectivity index (χ1) is 14.7. The van der Waals surface area contributed by atoms with Crippen molar-refractivity contribution < 1.29 is 32.4 Å². The van der Waals surface area contributed by atoms with Crippen molar-refractivity contribution in [3.63, 3.8) is 0 Å². The number of nitro groups is 1. The van der Waals surface area contributed by atoms with Gasteiger partial charge in [0.25, 0.3) is 5.69 Å². The van der Waals surface area contributed by atoms with Crippen LogP contribution < -0.4 is 10.1 Å². The Bertz CT molecular complexity index is 1160. The first-order valence-electron chi connectivity index (χ1n) is 8.92. The normalized spacial score (nSPS) is 11.3. The SMILES string of the molecule is CCOC(=O)c1cnc2cc(C(F)(F)F)ccc2c1Nc1cc([N+](=O)[O-])ccc1OC. The minimum absolute atomic E-state index is 0.0326. The van der Waals surface area contributed by atoms with E-state index in [1.807, 2.05) is 0 Å².